The highest BCUT2D eigenvalue weighted by molar-refractivity contribution is 14.1. The average molecular weight is 929 g/mol. The Hall–Kier alpha value is -5.37. The minimum Gasteiger partial charge on any atom is -0.493 e. The normalized spacial score (nSPS) is 16.4. The molecule has 7 rings (SSSR count). The van der Waals surface area contributed by atoms with E-state index >= 15 is 0 Å². The molecule has 4 aromatic heterocycles. The van der Waals surface area contributed by atoms with Crippen molar-refractivity contribution >= 4 is 57.5 Å². The van der Waals surface area contributed by atoms with Gasteiger partial charge in [0.25, 0.3) is 11.8 Å². The Bertz CT molecular complexity index is 2300. The molecule has 318 valence electrons. The van der Waals surface area contributed by atoms with Gasteiger partial charge in [0.1, 0.15) is 23.6 Å². The molecule has 2 aliphatic rings. The lowest BCUT2D eigenvalue weighted by Gasteiger charge is -2.19. The summed E-state index contributed by atoms with van der Waals surface area (Å²) in [6, 6.07) is 15.3. The molecular formula is C41H53IN8O9. The van der Waals surface area contributed by atoms with Crippen LogP contribution in [-0.2, 0) is 30.5 Å². The van der Waals surface area contributed by atoms with E-state index < -0.39 is 35.3 Å². The second-order valence-electron chi connectivity index (χ2n) is 13.6. The molecule has 6 heterocycles. The van der Waals surface area contributed by atoms with Crippen LogP contribution in [0, 0.1) is 0 Å². The second-order valence-corrected chi connectivity index (χ2v) is 14.7. The van der Waals surface area contributed by atoms with Crippen molar-refractivity contribution in [3.8, 4) is 11.5 Å². The standard InChI is InChI=1S/C23H26N4O5.C16H19IN4O4.2CH4/c28-21-10-9-19(22(29)24-21)27-23(30)26-12-11-18(15-20(26)25-27)32-14-6-2-5-13-31-16-17-7-3-1-4-8-17;17-7-2-1-3-9-25-11-6-8-20-13(10-11)19-21(16(20)24)12-4-5-14(22)18-15(12)23;;/h1,3-4,7-8,11-12,15,19H,2,5-6,9-10,13-14,16H2,(H,24,28,29);6,8,10,12H,1-5,7,9H2,(H,18,22,23);2*1H4. The Morgan fingerprint density at radius 2 is 1.10 bits per heavy atom. The van der Waals surface area contributed by atoms with Crippen molar-refractivity contribution in [2.24, 2.45) is 0 Å². The maximum atomic E-state index is 12.6. The van der Waals surface area contributed by atoms with Crippen LogP contribution < -0.4 is 31.5 Å². The minimum absolute atomic E-state index is 0. The third-order valence-electron chi connectivity index (χ3n) is 9.41. The Kier molecular flexibility index (Phi) is 17.8. The SMILES string of the molecule is C.C.O=C1CCC(n2nc3cc(OCCCCCI)ccn3c2=O)C(=O)N1.O=C1CCC(n2nc3cc(OCCCCCOCc4ccccc4)ccn3c2=O)C(=O)N1. The van der Waals surface area contributed by atoms with Crippen molar-refractivity contribution in [2.45, 2.75) is 97.8 Å². The smallest absolute Gasteiger partial charge is 0.351 e. The highest BCUT2D eigenvalue weighted by atomic mass is 127. The molecular weight excluding hydrogens is 875 g/mol. The van der Waals surface area contributed by atoms with Gasteiger partial charge < -0.3 is 14.2 Å². The molecule has 2 aliphatic heterocycles. The predicted molar refractivity (Wildman–Crippen MR) is 229 cm³/mol. The number of hydrogen-bond acceptors (Lipinski definition) is 11. The third kappa shape index (κ3) is 12.3. The average Bonchev–Trinajstić information content (AvgIpc) is 3.71. The van der Waals surface area contributed by atoms with Gasteiger partial charge in [0.15, 0.2) is 11.3 Å². The number of benzene rings is 1. The van der Waals surface area contributed by atoms with E-state index in [4.69, 9.17) is 14.2 Å². The molecule has 0 aliphatic carbocycles. The molecule has 0 radical (unpaired) electrons. The number of piperidine rings is 2. The topological polar surface area (TPSA) is 199 Å². The molecule has 1 aromatic carbocycles. The Morgan fingerprint density at radius 3 is 1.58 bits per heavy atom. The first-order valence-electron chi connectivity index (χ1n) is 19.0. The van der Waals surface area contributed by atoms with Gasteiger partial charge in [-0.3, -0.25) is 38.6 Å². The van der Waals surface area contributed by atoms with E-state index in [1.165, 1.54) is 20.8 Å². The summed E-state index contributed by atoms with van der Waals surface area (Å²) in [4.78, 5) is 71.7. The lowest BCUT2D eigenvalue weighted by atomic mass is 10.1. The number of pyridine rings is 2. The Morgan fingerprint density at radius 1 is 0.627 bits per heavy atom. The van der Waals surface area contributed by atoms with Crippen molar-refractivity contribution in [1.82, 2.24) is 39.0 Å². The fraction of sp³-hybridized carbons (Fsp3) is 0.463. The zero-order valence-electron chi connectivity index (χ0n) is 31.3. The van der Waals surface area contributed by atoms with Crippen LogP contribution in [0.1, 0.15) is 96.7 Å². The zero-order chi connectivity index (χ0) is 40.1. The summed E-state index contributed by atoms with van der Waals surface area (Å²) in [5.41, 5.74) is 1.16. The summed E-state index contributed by atoms with van der Waals surface area (Å²) < 4.78 is 23.3. The Labute approximate surface area is 355 Å². The number of carbonyl (C=O) groups excluding carboxylic acids is 4. The second kappa shape index (κ2) is 22.7. The van der Waals surface area contributed by atoms with Crippen LogP contribution in [0.2, 0.25) is 0 Å². The van der Waals surface area contributed by atoms with Gasteiger partial charge in [-0.25, -0.2) is 9.59 Å². The summed E-state index contributed by atoms with van der Waals surface area (Å²) in [5, 5.41) is 13.0. The first kappa shape index (κ1) is 46.3. The number of carbonyl (C=O) groups is 4. The molecule has 0 spiro atoms. The monoisotopic (exact) mass is 928 g/mol. The highest BCUT2D eigenvalue weighted by Crippen LogP contribution is 2.20. The Balaban J connectivity index is 0.000000259. The van der Waals surface area contributed by atoms with Crippen LogP contribution >= 0.6 is 22.6 Å². The van der Waals surface area contributed by atoms with Crippen molar-refractivity contribution in [2.75, 3.05) is 24.2 Å². The number of aromatic nitrogens is 6. The summed E-state index contributed by atoms with van der Waals surface area (Å²) in [7, 11) is 0. The van der Waals surface area contributed by atoms with Crippen molar-refractivity contribution in [1.29, 1.82) is 0 Å². The van der Waals surface area contributed by atoms with E-state index in [2.05, 4.69) is 43.4 Å². The molecule has 17 nitrogen and oxygen atoms in total. The third-order valence-corrected chi connectivity index (χ3v) is 10.2. The molecule has 0 bridgehead atoms. The summed E-state index contributed by atoms with van der Waals surface area (Å²) >= 11 is 2.36. The first-order valence-corrected chi connectivity index (χ1v) is 20.6. The van der Waals surface area contributed by atoms with Gasteiger partial charge in [-0.2, -0.15) is 9.36 Å². The molecule has 2 saturated heterocycles. The number of fused-ring (bicyclic) bond motifs is 2. The fourth-order valence-corrected chi connectivity index (χ4v) is 6.90. The van der Waals surface area contributed by atoms with Crippen LogP contribution in [0.15, 0.2) is 76.6 Å². The van der Waals surface area contributed by atoms with E-state index in [9.17, 15) is 28.8 Å². The van der Waals surface area contributed by atoms with E-state index in [0.717, 1.165) is 45.9 Å². The number of unbranched alkanes of at least 4 members (excludes halogenated alkanes) is 4. The highest BCUT2D eigenvalue weighted by Gasteiger charge is 2.32. The van der Waals surface area contributed by atoms with Gasteiger partial charge in [0.05, 0.1) is 19.8 Å². The van der Waals surface area contributed by atoms with Crippen LogP contribution in [0.3, 0.4) is 0 Å². The molecule has 5 aromatic rings. The minimum atomic E-state index is -0.784. The van der Waals surface area contributed by atoms with Gasteiger partial charge in [0, 0.05) is 44.0 Å². The van der Waals surface area contributed by atoms with Crippen LogP contribution in [-0.4, -0.2) is 76.2 Å². The molecule has 0 saturated carbocycles. The maximum absolute atomic E-state index is 12.6. The number of hydrogen-bond donors (Lipinski definition) is 2. The van der Waals surface area contributed by atoms with Gasteiger partial charge in [-0.05, 0) is 73.5 Å². The van der Waals surface area contributed by atoms with Gasteiger partial charge in [-0.15, -0.1) is 10.2 Å². The summed E-state index contributed by atoms with van der Waals surface area (Å²) in [6.07, 6.45) is 10.2. The molecule has 2 atom stereocenters. The van der Waals surface area contributed by atoms with E-state index in [1.807, 2.05) is 30.3 Å². The lowest BCUT2D eigenvalue weighted by Crippen LogP contribution is -2.44. The molecule has 59 heavy (non-hydrogen) atoms. The molecule has 4 amide bonds. The van der Waals surface area contributed by atoms with Gasteiger partial charge >= 0.3 is 11.4 Å². The summed E-state index contributed by atoms with van der Waals surface area (Å²) in [5.74, 6) is -0.400. The maximum Gasteiger partial charge on any atom is 0.351 e. The number of amides is 4. The number of rotatable bonds is 17. The zero-order valence-corrected chi connectivity index (χ0v) is 33.5. The van der Waals surface area contributed by atoms with E-state index in [-0.39, 0.29) is 52.4 Å². The van der Waals surface area contributed by atoms with Gasteiger partial charge in [-0.1, -0.05) is 67.8 Å². The number of alkyl halides is 1. The van der Waals surface area contributed by atoms with Crippen molar-refractivity contribution in [3.05, 3.63) is 93.5 Å². The van der Waals surface area contributed by atoms with Gasteiger partial charge in [0.2, 0.25) is 11.8 Å². The van der Waals surface area contributed by atoms with Crippen LogP contribution in [0.25, 0.3) is 11.3 Å². The first-order chi connectivity index (χ1) is 27.7. The molecule has 2 N–H and O–H groups in total. The van der Waals surface area contributed by atoms with E-state index in [1.54, 1.807) is 36.7 Å². The molecule has 2 unspecified atom stereocenters. The number of imide groups is 2. The van der Waals surface area contributed by atoms with E-state index in [0.29, 0.717) is 49.2 Å². The number of nitrogens with one attached hydrogen (secondary N) is 2. The number of ether oxygens (including phenoxy) is 3. The predicted octanol–water partition coefficient (Wildman–Crippen LogP) is 4.97. The number of nitrogens with zero attached hydrogens (tertiary/aromatic N) is 6. The fourth-order valence-electron chi connectivity index (χ4n) is 6.36. The van der Waals surface area contributed by atoms with Crippen molar-refractivity contribution < 1.29 is 33.4 Å². The lowest BCUT2D eigenvalue weighted by molar-refractivity contribution is -0.137. The van der Waals surface area contributed by atoms with Crippen LogP contribution in [0.4, 0.5) is 0 Å². The molecule has 2 fully saturated rings. The number of halogens is 1. The van der Waals surface area contributed by atoms with Crippen molar-refractivity contribution in [3.63, 3.8) is 0 Å². The largest absolute Gasteiger partial charge is 0.493 e. The summed E-state index contributed by atoms with van der Waals surface area (Å²) in [6.45, 7) is 2.50. The quantitative estimate of drug-likeness (QED) is 0.0553. The molecule has 18 heteroatoms. The van der Waals surface area contributed by atoms with Crippen LogP contribution in [0.5, 0.6) is 11.5 Å².